The lowest BCUT2D eigenvalue weighted by atomic mass is 10.00. The Morgan fingerprint density at radius 2 is 1.94 bits per heavy atom. The summed E-state index contributed by atoms with van der Waals surface area (Å²) < 4.78 is 0. The molecule has 0 aliphatic carbocycles. The van der Waals surface area contributed by atoms with E-state index in [1.54, 1.807) is 6.92 Å². The topological polar surface area (TPSA) is 48.2 Å². The van der Waals surface area contributed by atoms with Crippen LogP contribution in [0, 0.1) is 11.5 Å². The molecule has 90 valence electrons. The minimum atomic E-state index is 0.0250. The Labute approximate surface area is 107 Å². The van der Waals surface area contributed by atoms with E-state index in [4.69, 9.17) is 5.26 Å². The second kappa shape index (κ2) is 5.33. The summed E-state index contributed by atoms with van der Waals surface area (Å²) in [7, 11) is 0. The monoisotopic (exact) mass is 237 g/mol. The fourth-order valence-corrected chi connectivity index (χ4v) is 2.09. The molecule has 1 atom stereocenters. The Morgan fingerprint density at radius 3 is 2.72 bits per heavy atom. The first-order chi connectivity index (χ1) is 8.72. The van der Waals surface area contributed by atoms with Crippen molar-refractivity contribution in [2.75, 3.05) is 0 Å². The highest BCUT2D eigenvalue weighted by molar-refractivity contribution is 5.87. The summed E-state index contributed by atoms with van der Waals surface area (Å²) in [6.07, 6.45) is 1.88. The molecule has 0 radical (unpaired) electrons. The second-order valence-corrected chi connectivity index (χ2v) is 4.20. The summed E-state index contributed by atoms with van der Waals surface area (Å²) in [6, 6.07) is 14.5. The zero-order chi connectivity index (χ0) is 13.0. The maximum absolute atomic E-state index is 8.55. The zero-order valence-corrected chi connectivity index (χ0v) is 10.5. The van der Waals surface area contributed by atoms with Crippen molar-refractivity contribution in [2.45, 2.75) is 19.9 Å². The van der Waals surface area contributed by atoms with E-state index in [9.17, 15) is 0 Å². The molecule has 3 heteroatoms. The van der Waals surface area contributed by atoms with Crippen molar-refractivity contribution in [3.63, 3.8) is 0 Å². The number of hydrogen-bond donors (Lipinski definition) is 1. The molecule has 18 heavy (non-hydrogen) atoms. The normalized spacial score (nSPS) is 13.1. The molecule has 0 spiro atoms. The quantitative estimate of drug-likeness (QED) is 0.376. The Bertz CT molecular complexity index is 618. The number of aliphatic imine (C=N–C) groups is 1. The van der Waals surface area contributed by atoms with Gasteiger partial charge in [0.25, 0.3) is 0 Å². The summed E-state index contributed by atoms with van der Waals surface area (Å²) in [5, 5.41) is 13.5. The molecule has 0 aliphatic rings. The molecule has 2 aromatic rings. The van der Waals surface area contributed by atoms with Crippen molar-refractivity contribution in [3.05, 3.63) is 48.0 Å². The maximum atomic E-state index is 8.55. The van der Waals surface area contributed by atoms with E-state index >= 15 is 0 Å². The lowest BCUT2D eigenvalue weighted by Gasteiger charge is -2.11. The number of amidine groups is 1. The van der Waals surface area contributed by atoms with Gasteiger partial charge in [0.1, 0.15) is 5.84 Å². The summed E-state index contributed by atoms with van der Waals surface area (Å²) in [6.45, 7) is 3.83. The van der Waals surface area contributed by atoms with Crippen LogP contribution in [0.3, 0.4) is 0 Å². The van der Waals surface area contributed by atoms with Crippen LogP contribution in [-0.4, -0.2) is 5.84 Å². The molecule has 3 nitrogen and oxygen atoms in total. The van der Waals surface area contributed by atoms with Gasteiger partial charge in [-0.15, -0.1) is 0 Å². The number of nitrogens with zero attached hydrogens (tertiary/aromatic N) is 2. The minimum Gasteiger partial charge on any atom is -0.281 e. The molecular formula is C15H15N3. The van der Waals surface area contributed by atoms with Gasteiger partial charge in [0.05, 0.1) is 6.04 Å². The number of fused-ring (bicyclic) bond motifs is 1. The Balaban J connectivity index is 2.42. The van der Waals surface area contributed by atoms with Crippen LogP contribution in [-0.2, 0) is 0 Å². The van der Waals surface area contributed by atoms with Gasteiger partial charge in [-0.05, 0) is 30.2 Å². The van der Waals surface area contributed by atoms with Gasteiger partial charge in [-0.25, -0.2) is 0 Å². The second-order valence-electron chi connectivity index (χ2n) is 4.20. The highest BCUT2D eigenvalue weighted by Crippen LogP contribution is 2.26. The molecule has 0 aromatic heterocycles. The highest BCUT2D eigenvalue weighted by atomic mass is 15.0. The van der Waals surface area contributed by atoms with Gasteiger partial charge in [0, 0.05) is 0 Å². The summed E-state index contributed by atoms with van der Waals surface area (Å²) >= 11 is 0. The predicted molar refractivity (Wildman–Crippen MR) is 74.2 cm³/mol. The van der Waals surface area contributed by atoms with E-state index in [1.807, 2.05) is 31.3 Å². The van der Waals surface area contributed by atoms with Gasteiger partial charge in [0.15, 0.2) is 6.19 Å². The van der Waals surface area contributed by atoms with Gasteiger partial charge >= 0.3 is 0 Å². The number of benzene rings is 2. The van der Waals surface area contributed by atoms with E-state index in [1.165, 1.54) is 16.3 Å². The molecular weight excluding hydrogens is 222 g/mol. The van der Waals surface area contributed by atoms with E-state index in [-0.39, 0.29) is 6.04 Å². The SMILES string of the molecule is CC(=N[C@@H](C)c1cccc2ccccc12)NC#N. The average molecular weight is 237 g/mol. The predicted octanol–water partition coefficient (Wildman–Crippen LogP) is 3.39. The fraction of sp³-hybridized carbons (Fsp3) is 0.200. The summed E-state index contributed by atoms with van der Waals surface area (Å²) in [5.74, 6) is 0.637. The summed E-state index contributed by atoms with van der Waals surface area (Å²) in [5.41, 5.74) is 1.17. The molecule has 0 bridgehead atoms. The Kier molecular flexibility index (Phi) is 3.59. The fourth-order valence-electron chi connectivity index (χ4n) is 2.09. The molecule has 2 rings (SSSR count). The van der Waals surface area contributed by atoms with Gasteiger partial charge in [0.2, 0.25) is 0 Å². The third-order valence-corrected chi connectivity index (χ3v) is 2.90. The van der Waals surface area contributed by atoms with E-state index in [0.29, 0.717) is 5.84 Å². The molecule has 0 unspecified atom stereocenters. The van der Waals surface area contributed by atoms with Gasteiger partial charge in [-0.1, -0.05) is 42.5 Å². The van der Waals surface area contributed by atoms with E-state index < -0.39 is 0 Å². The zero-order valence-electron chi connectivity index (χ0n) is 10.5. The molecule has 0 fully saturated rings. The average Bonchev–Trinajstić information content (AvgIpc) is 2.38. The van der Waals surface area contributed by atoms with Crippen LogP contribution in [0.25, 0.3) is 10.8 Å². The van der Waals surface area contributed by atoms with E-state index in [2.05, 4.69) is 34.6 Å². The lowest BCUT2D eigenvalue weighted by molar-refractivity contribution is 0.820. The van der Waals surface area contributed by atoms with Gasteiger partial charge in [-0.2, -0.15) is 5.26 Å². The van der Waals surface area contributed by atoms with Crippen LogP contribution in [0.4, 0.5) is 0 Å². The van der Waals surface area contributed by atoms with Crippen LogP contribution in [0.15, 0.2) is 47.5 Å². The molecule has 0 saturated heterocycles. The first-order valence-corrected chi connectivity index (χ1v) is 5.89. The Morgan fingerprint density at radius 1 is 1.22 bits per heavy atom. The van der Waals surface area contributed by atoms with Crippen molar-refractivity contribution < 1.29 is 0 Å². The van der Waals surface area contributed by atoms with Crippen molar-refractivity contribution in [1.82, 2.24) is 5.32 Å². The molecule has 0 saturated carbocycles. The maximum Gasteiger partial charge on any atom is 0.182 e. The van der Waals surface area contributed by atoms with Crippen LogP contribution in [0.2, 0.25) is 0 Å². The minimum absolute atomic E-state index is 0.0250. The molecule has 1 N–H and O–H groups in total. The first kappa shape index (κ1) is 12.1. The van der Waals surface area contributed by atoms with Gasteiger partial charge < -0.3 is 0 Å². The number of hydrogen-bond acceptors (Lipinski definition) is 2. The number of nitriles is 1. The number of nitrogens with one attached hydrogen (secondary N) is 1. The summed E-state index contributed by atoms with van der Waals surface area (Å²) in [4.78, 5) is 4.47. The third kappa shape index (κ3) is 2.49. The van der Waals surface area contributed by atoms with Crippen molar-refractivity contribution in [3.8, 4) is 6.19 Å². The third-order valence-electron chi connectivity index (χ3n) is 2.90. The number of rotatable bonds is 2. The molecule has 2 aromatic carbocycles. The highest BCUT2D eigenvalue weighted by Gasteiger charge is 2.07. The van der Waals surface area contributed by atoms with Gasteiger partial charge in [-0.3, -0.25) is 10.3 Å². The standard InChI is InChI=1S/C15H15N3/c1-11(18-12(2)17-10-16)14-9-5-7-13-6-3-4-8-15(13)14/h3-9,11H,1-2H3,(H,17,18)/t11-/m0/s1. The van der Waals surface area contributed by atoms with E-state index in [0.717, 1.165) is 0 Å². The van der Waals surface area contributed by atoms with Crippen LogP contribution < -0.4 is 5.32 Å². The van der Waals surface area contributed by atoms with Crippen molar-refractivity contribution >= 4 is 16.6 Å². The molecule has 0 aliphatic heterocycles. The van der Waals surface area contributed by atoms with Crippen molar-refractivity contribution in [2.24, 2.45) is 4.99 Å². The molecule has 0 amide bonds. The Hall–Kier alpha value is -2.34. The first-order valence-electron chi connectivity index (χ1n) is 5.89. The lowest BCUT2D eigenvalue weighted by Crippen LogP contribution is -2.14. The van der Waals surface area contributed by atoms with Crippen molar-refractivity contribution in [1.29, 1.82) is 5.26 Å². The largest absolute Gasteiger partial charge is 0.281 e. The van der Waals surface area contributed by atoms with Crippen LogP contribution >= 0.6 is 0 Å². The van der Waals surface area contributed by atoms with Crippen LogP contribution in [0.1, 0.15) is 25.5 Å². The van der Waals surface area contributed by atoms with Crippen LogP contribution in [0.5, 0.6) is 0 Å². The smallest absolute Gasteiger partial charge is 0.182 e. The molecule has 0 heterocycles.